The highest BCUT2D eigenvalue weighted by Gasteiger charge is 2.37. The highest BCUT2D eigenvalue weighted by molar-refractivity contribution is 5.89. The van der Waals surface area contributed by atoms with Crippen molar-refractivity contribution in [3.05, 3.63) is 0 Å². The van der Waals surface area contributed by atoms with Crippen LogP contribution in [0, 0.1) is 5.92 Å². The Morgan fingerprint density at radius 2 is 1.50 bits per heavy atom. The van der Waals surface area contributed by atoms with Gasteiger partial charge in [0.25, 0.3) is 0 Å². The maximum atomic E-state index is 12.8. The molecule has 0 saturated carbocycles. The molecule has 0 bridgehead atoms. The van der Waals surface area contributed by atoms with Crippen molar-refractivity contribution in [2.75, 3.05) is 14.1 Å². The second kappa shape index (κ2) is 9.68. The summed E-state index contributed by atoms with van der Waals surface area (Å²) in [6, 6.07) is -2.70. The summed E-state index contributed by atoms with van der Waals surface area (Å²) in [6.07, 6.45) is -4.37. The lowest BCUT2D eigenvalue weighted by Crippen LogP contribution is -2.54. The van der Waals surface area contributed by atoms with Crippen molar-refractivity contribution in [3.63, 3.8) is 0 Å². The summed E-state index contributed by atoms with van der Waals surface area (Å²) in [7, 11) is 2.52. The van der Waals surface area contributed by atoms with E-state index >= 15 is 0 Å². The van der Waals surface area contributed by atoms with Crippen LogP contribution in [0.3, 0.4) is 0 Å². The van der Waals surface area contributed by atoms with Crippen molar-refractivity contribution in [1.82, 2.24) is 9.80 Å². The van der Waals surface area contributed by atoms with Crippen LogP contribution in [0.2, 0.25) is 0 Å². The molecule has 0 aromatic heterocycles. The number of aliphatic carboxylic acids is 1. The van der Waals surface area contributed by atoms with Gasteiger partial charge in [0.2, 0.25) is 12.3 Å². The van der Waals surface area contributed by atoms with E-state index in [0.29, 0.717) is 0 Å². The van der Waals surface area contributed by atoms with Gasteiger partial charge < -0.3 is 14.7 Å². The molecular weight excluding hydrogens is 350 g/mol. The van der Waals surface area contributed by atoms with Crippen LogP contribution in [0.5, 0.6) is 0 Å². The van der Waals surface area contributed by atoms with E-state index in [2.05, 4.69) is 0 Å². The summed E-state index contributed by atoms with van der Waals surface area (Å²) in [5.74, 6) is -2.25. The van der Waals surface area contributed by atoms with Crippen LogP contribution in [-0.2, 0) is 14.3 Å². The number of rotatable bonds is 8. The summed E-state index contributed by atoms with van der Waals surface area (Å²) >= 11 is 0. The summed E-state index contributed by atoms with van der Waals surface area (Å²) in [4.78, 5) is 38.2. The Balaban J connectivity index is 5.53. The number of amides is 2. The summed E-state index contributed by atoms with van der Waals surface area (Å²) in [6.45, 7) is 8.68. The Labute approximate surface area is 153 Å². The first kappa shape index (κ1) is 24.1. The van der Waals surface area contributed by atoms with Crippen LogP contribution >= 0.6 is 0 Å². The van der Waals surface area contributed by atoms with Gasteiger partial charge in [-0.25, -0.2) is 18.4 Å². The normalized spacial score (nSPS) is 14.1. The Morgan fingerprint density at radius 1 is 1.00 bits per heavy atom. The first-order valence-electron chi connectivity index (χ1n) is 8.40. The quantitative estimate of drug-likeness (QED) is 0.700. The smallest absolute Gasteiger partial charge is 0.410 e. The molecule has 1 unspecified atom stereocenters. The van der Waals surface area contributed by atoms with Gasteiger partial charge >= 0.3 is 12.1 Å². The number of carboxylic acid groups (broad SMARTS) is 1. The molecule has 0 fully saturated rings. The average molecular weight is 380 g/mol. The van der Waals surface area contributed by atoms with Crippen molar-refractivity contribution in [3.8, 4) is 0 Å². The van der Waals surface area contributed by atoms with Crippen LogP contribution in [0.15, 0.2) is 0 Å². The zero-order chi connectivity index (χ0) is 20.8. The number of alkyl halides is 2. The topological polar surface area (TPSA) is 87.2 Å². The minimum atomic E-state index is -2.88. The lowest BCUT2D eigenvalue weighted by atomic mass is 10.0. The largest absolute Gasteiger partial charge is 0.480 e. The third-order valence-electron chi connectivity index (χ3n) is 3.63. The average Bonchev–Trinajstić information content (AvgIpc) is 2.45. The van der Waals surface area contributed by atoms with Gasteiger partial charge in [0, 0.05) is 20.5 Å². The number of carbonyl (C=O) groups excluding carboxylic acids is 2. The number of ether oxygens (including phenoxy) is 1. The second-order valence-electron chi connectivity index (χ2n) is 7.67. The Hall–Kier alpha value is -1.93. The van der Waals surface area contributed by atoms with Gasteiger partial charge in [-0.15, -0.1) is 0 Å². The molecule has 0 spiro atoms. The molecule has 0 aromatic carbocycles. The summed E-state index contributed by atoms with van der Waals surface area (Å²) in [5, 5.41) is 9.17. The molecule has 1 N–H and O–H groups in total. The van der Waals surface area contributed by atoms with E-state index in [1.165, 1.54) is 7.05 Å². The van der Waals surface area contributed by atoms with E-state index in [4.69, 9.17) is 4.74 Å². The van der Waals surface area contributed by atoms with Crippen molar-refractivity contribution in [2.24, 2.45) is 5.92 Å². The highest BCUT2D eigenvalue weighted by Crippen LogP contribution is 2.19. The fraction of sp³-hybridized carbons (Fsp3) is 0.824. The first-order chi connectivity index (χ1) is 11.7. The lowest BCUT2D eigenvalue weighted by Gasteiger charge is -2.35. The molecule has 152 valence electrons. The Bertz CT molecular complexity index is 506. The molecule has 0 radical (unpaired) electrons. The molecule has 2 amide bonds. The molecule has 7 nitrogen and oxygen atoms in total. The van der Waals surface area contributed by atoms with Crippen LogP contribution < -0.4 is 0 Å². The van der Waals surface area contributed by atoms with E-state index in [0.717, 1.165) is 16.8 Å². The molecular formula is C17H30F2N2O5. The molecule has 0 rings (SSSR count). The molecule has 0 aromatic rings. The monoisotopic (exact) mass is 380 g/mol. The van der Waals surface area contributed by atoms with Crippen LogP contribution in [-0.4, -0.2) is 71.1 Å². The van der Waals surface area contributed by atoms with Crippen molar-refractivity contribution in [2.45, 2.75) is 71.6 Å². The van der Waals surface area contributed by atoms with Crippen LogP contribution in [0.1, 0.15) is 47.5 Å². The van der Waals surface area contributed by atoms with Gasteiger partial charge in [0.05, 0.1) is 0 Å². The van der Waals surface area contributed by atoms with Gasteiger partial charge in [0.15, 0.2) is 0 Å². The van der Waals surface area contributed by atoms with E-state index < -0.39 is 48.5 Å². The number of carboxylic acids is 1. The lowest BCUT2D eigenvalue weighted by molar-refractivity contribution is -0.152. The molecule has 0 aliphatic carbocycles. The van der Waals surface area contributed by atoms with Crippen molar-refractivity contribution < 1.29 is 33.0 Å². The third-order valence-corrected chi connectivity index (χ3v) is 3.63. The van der Waals surface area contributed by atoms with Gasteiger partial charge in [-0.2, -0.15) is 0 Å². The zero-order valence-corrected chi connectivity index (χ0v) is 16.5. The molecule has 0 saturated heterocycles. The number of hydrogen-bond donors (Lipinski definition) is 1. The molecule has 0 heterocycles. The van der Waals surface area contributed by atoms with Crippen LogP contribution in [0.25, 0.3) is 0 Å². The van der Waals surface area contributed by atoms with Crippen LogP contribution in [0.4, 0.5) is 13.6 Å². The van der Waals surface area contributed by atoms with E-state index in [-0.39, 0.29) is 12.3 Å². The first-order valence-corrected chi connectivity index (χ1v) is 8.40. The second-order valence-corrected chi connectivity index (χ2v) is 7.67. The molecule has 0 aliphatic rings. The maximum absolute atomic E-state index is 12.8. The summed E-state index contributed by atoms with van der Waals surface area (Å²) < 4.78 is 30.6. The minimum absolute atomic E-state index is 0.000568. The van der Waals surface area contributed by atoms with Gasteiger partial charge in [0.1, 0.15) is 17.7 Å². The predicted octanol–water partition coefficient (Wildman–Crippen LogP) is 2.83. The van der Waals surface area contributed by atoms with Crippen molar-refractivity contribution in [1.29, 1.82) is 0 Å². The fourth-order valence-electron chi connectivity index (χ4n) is 2.31. The molecule has 0 aliphatic heterocycles. The molecule has 9 heteroatoms. The highest BCUT2D eigenvalue weighted by atomic mass is 19.3. The number of halogens is 2. The predicted molar refractivity (Wildman–Crippen MR) is 92.1 cm³/mol. The molecule has 26 heavy (non-hydrogen) atoms. The molecule has 2 atom stereocenters. The SMILES string of the molecule is CC(C)C[C@@H](C(=O)N(C)C(CC(F)F)C(=O)O)N(C)C(=O)OC(C)(C)C. The number of likely N-dealkylation sites (N-methyl/N-ethyl adjacent to an activating group) is 2. The van der Waals surface area contributed by atoms with Gasteiger partial charge in [-0.05, 0) is 33.1 Å². The number of nitrogens with zero attached hydrogens (tertiary/aromatic N) is 2. The fourth-order valence-corrected chi connectivity index (χ4v) is 2.31. The van der Waals surface area contributed by atoms with E-state index in [9.17, 15) is 28.3 Å². The maximum Gasteiger partial charge on any atom is 0.410 e. The third kappa shape index (κ3) is 7.97. The standard InChI is InChI=1S/C17H30F2N2O5/c1-10(2)8-11(21(7)16(25)26-17(3,4)5)14(22)20(6)12(15(23)24)9-13(18)19/h10-13H,8-9H2,1-7H3,(H,23,24)/t11-,12?/m0/s1. The Morgan fingerprint density at radius 3 is 1.85 bits per heavy atom. The van der Waals surface area contributed by atoms with E-state index in [1.807, 2.05) is 13.8 Å². The zero-order valence-electron chi connectivity index (χ0n) is 16.5. The minimum Gasteiger partial charge on any atom is -0.480 e. The number of carbonyl (C=O) groups is 3. The Kier molecular flexibility index (Phi) is 8.96. The number of hydrogen-bond acceptors (Lipinski definition) is 4. The van der Waals surface area contributed by atoms with Gasteiger partial charge in [-0.1, -0.05) is 13.8 Å². The van der Waals surface area contributed by atoms with Gasteiger partial charge in [-0.3, -0.25) is 9.69 Å². The van der Waals surface area contributed by atoms with E-state index in [1.54, 1.807) is 20.8 Å². The van der Waals surface area contributed by atoms with Crippen molar-refractivity contribution >= 4 is 18.0 Å². The summed E-state index contributed by atoms with van der Waals surface area (Å²) in [5.41, 5.74) is -0.776.